The number of halogens is 1. The summed E-state index contributed by atoms with van der Waals surface area (Å²) in [6.07, 6.45) is 2.20. The van der Waals surface area contributed by atoms with Crippen LogP contribution < -0.4 is 10.5 Å². The van der Waals surface area contributed by atoms with E-state index in [2.05, 4.69) is 0 Å². The van der Waals surface area contributed by atoms with E-state index in [0.29, 0.717) is 16.7 Å². The molecule has 2 rings (SSSR count). The molecule has 0 spiro atoms. The van der Waals surface area contributed by atoms with Gasteiger partial charge in [-0.1, -0.05) is 17.7 Å². The van der Waals surface area contributed by atoms with Crippen LogP contribution in [0.5, 0.6) is 5.75 Å². The molecule has 1 aliphatic rings. The summed E-state index contributed by atoms with van der Waals surface area (Å²) < 4.78 is 10.6. The predicted molar refractivity (Wildman–Crippen MR) is 68.5 cm³/mol. The van der Waals surface area contributed by atoms with Crippen molar-refractivity contribution in [3.63, 3.8) is 0 Å². The molecular formula is C13H18ClNO2. The molecular weight excluding hydrogens is 238 g/mol. The zero-order valence-electron chi connectivity index (χ0n) is 9.99. The first-order valence-electron chi connectivity index (χ1n) is 5.89. The van der Waals surface area contributed by atoms with Gasteiger partial charge in [0.15, 0.2) is 0 Å². The van der Waals surface area contributed by atoms with Gasteiger partial charge in [0.1, 0.15) is 5.75 Å². The second-order valence-corrected chi connectivity index (χ2v) is 4.80. The van der Waals surface area contributed by atoms with Crippen molar-refractivity contribution in [2.75, 3.05) is 20.3 Å². The molecule has 0 radical (unpaired) electrons. The summed E-state index contributed by atoms with van der Waals surface area (Å²) >= 11 is 6.10. The van der Waals surface area contributed by atoms with Gasteiger partial charge in [-0.2, -0.15) is 0 Å². The molecule has 4 heteroatoms. The van der Waals surface area contributed by atoms with Gasteiger partial charge in [0.05, 0.1) is 18.7 Å². The van der Waals surface area contributed by atoms with Gasteiger partial charge in [0, 0.05) is 18.6 Å². The van der Waals surface area contributed by atoms with Crippen LogP contribution in [0, 0.1) is 5.92 Å². The number of methoxy groups -OCH3 is 1. The second kappa shape index (κ2) is 5.71. The highest BCUT2D eigenvalue weighted by Crippen LogP contribution is 2.31. The van der Waals surface area contributed by atoms with Gasteiger partial charge in [0.25, 0.3) is 0 Å². The molecule has 1 heterocycles. The summed E-state index contributed by atoms with van der Waals surface area (Å²) in [5.41, 5.74) is 7.30. The highest BCUT2D eigenvalue weighted by Gasteiger charge is 2.22. The molecule has 2 unspecified atom stereocenters. The van der Waals surface area contributed by atoms with Crippen LogP contribution in [0.1, 0.15) is 24.4 Å². The van der Waals surface area contributed by atoms with Crippen LogP contribution in [-0.4, -0.2) is 20.3 Å². The molecule has 94 valence electrons. The van der Waals surface area contributed by atoms with Gasteiger partial charge in [-0.05, 0) is 30.5 Å². The Balaban J connectivity index is 2.12. The van der Waals surface area contributed by atoms with Gasteiger partial charge >= 0.3 is 0 Å². The standard InChI is InChI=1S/C13H18ClNO2/c1-16-12-5-4-9(7-11(12)14)13(15)10-3-2-6-17-8-10/h4-5,7,10,13H,2-3,6,8,15H2,1H3. The van der Waals surface area contributed by atoms with Crippen LogP contribution in [0.3, 0.4) is 0 Å². The summed E-state index contributed by atoms with van der Waals surface area (Å²) in [4.78, 5) is 0. The predicted octanol–water partition coefficient (Wildman–Crippen LogP) is 2.78. The fourth-order valence-electron chi connectivity index (χ4n) is 2.21. The molecule has 0 amide bonds. The Kier molecular flexibility index (Phi) is 4.26. The van der Waals surface area contributed by atoms with Gasteiger partial charge in [-0.25, -0.2) is 0 Å². The molecule has 1 aliphatic heterocycles. The van der Waals surface area contributed by atoms with E-state index in [0.717, 1.165) is 31.6 Å². The molecule has 0 aliphatic carbocycles. The van der Waals surface area contributed by atoms with Crippen molar-refractivity contribution < 1.29 is 9.47 Å². The number of rotatable bonds is 3. The summed E-state index contributed by atoms with van der Waals surface area (Å²) in [5.74, 6) is 1.07. The van der Waals surface area contributed by atoms with E-state index in [1.165, 1.54) is 0 Å². The van der Waals surface area contributed by atoms with Crippen LogP contribution in [0.25, 0.3) is 0 Å². The Morgan fingerprint density at radius 3 is 2.94 bits per heavy atom. The van der Waals surface area contributed by atoms with Crippen molar-refractivity contribution in [2.45, 2.75) is 18.9 Å². The van der Waals surface area contributed by atoms with Crippen LogP contribution in [0.4, 0.5) is 0 Å². The fourth-order valence-corrected chi connectivity index (χ4v) is 2.48. The molecule has 0 saturated carbocycles. The van der Waals surface area contributed by atoms with Crippen molar-refractivity contribution in [3.05, 3.63) is 28.8 Å². The molecule has 1 fully saturated rings. The van der Waals surface area contributed by atoms with E-state index in [4.69, 9.17) is 26.8 Å². The van der Waals surface area contributed by atoms with Crippen LogP contribution in [0.2, 0.25) is 5.02 Å². The monoisotopic (exact) mass is 255 g/mol. The van der Waals surface area contributed by atoms with E-state index < -0.39 is 0 Å². The average Bonchev–Trinajstić information content (AvgIpc) is 2.39. The molecule has 0 bridgehead atoms. The van der Waals surface area contributed by atoms with Crippen molar-refractivity contribution in [1.82, 2.24) is 0 Å². The average molecular weight is 256 g/mol. The van der Waals surface area contributed by atoms with Crippen molar-refractivity contribution in [1.29, 1.82) is 0 Å². The normalized spacial score (nSPS) is 22.2. The quantitative estimate of drug-likeness (QED) is 0.903. The highest BCUT2D eigenvalue weighted by molar-refractivity contribution is 6.32. The SMILES string of the molecule is COc1ccc(C(N)C2CCCOC2)cc1Cl. The second-order valence-electron chi connectivity index (χ2n) is 4.40. The highest BCUT2D eigenvalue weighted by atomic mass is 35.5. The number of ether oxygens (including phenoxy) is 2. The maximum atomic E-state index is 6.25. The van der Waals surface area contributed by atoms with Gasteiger partial charge in [-0.3, -0.25) is 0 Å². The topological polar surface area (TPSA) is 44.5 Å². The Morgan fingerprint density at radius 2 is 2.35 bits per heavy atom. The molecule has 2 atom stereocenters. The van der Waals surface area contributed by atoms with Crippen LogP contribution in [0.15, 0.2) is 18.2 Å². The minimum atomic E-state index is -0.0151. The molecule has 1 aromatic rings. The lowest BCUT2D eigenvalue weighted by molar-refractivity contribution is 0.0447. The molecule has 2 N–H and O–H groups in total. The van der Waals surface area contributed by atoms with Crippen molar-refractivity contribution in [3.8, 4) is 5.75 Å². The number of nitrogens with two attached hydrogens (primary N) is 1. The van der Waals surface area contributed by atoms with E-state index >= 15 is 0 Å². The minimum Gasteiger partial charge on any atom is -0.495 e. The van der Waals surface area contributed by atoms with Crippen molar-refractivity contribution in [2.24, 2.45) is 11.7 Å². The lowest BCUT2D eigenvalue weighted by atomic mass is 9.89. The molecule has 1 saturated heterocycles. The first kappa shape index (κ1) is 12.7. The zero-order chi connectivity index (χ0) is 12.3. The number of hydrogen-bond acceptors (Lipinski definition) is 3. The van der Waals surface area contributed by atoms with Gasteiger partial charge < -0.3 is 15.2 Å². The zero-order valence-corrected chi connectivity index (χ0v) is 10.7. The third-order valence-electron chi connectivity index (χ3n) is 3.26. The Bertz CT molecular complexity index is 378. The summed E-state index contributed by atoms with van der Waals surface area (Å²) in [7, 11) is 1.61. The van der Waals surface area contributed by atoms with E-state index in [1.807, 2.05) is 18.2 Å². The lowest BCUT2D eigenvalue weighted by Crippen LogP contribution is -2.29. The third kappa shape index (κ3) is 2.92. The Labute approximate surface area is 107 Å². The first-order valence-corrected chi connectivity index (χ1v) is 6.27. The minimum absolute atomic E-state index is 0.0151. The smallest absolute Gasteiger partial charge is 0.137 e. The maximum absolute atomic E-state index is 6.25. The van der Waals surface area contributed by atoms with E-state index in [1.54, 1.807) is 7.11 Å². The van der Waals surface area contributed by atoms with Crippen LogP contribution in [-0.2, 0) is 4.74 Å². The first-order chi connectivity index (χ1) is 8.22. The summed E-state index contributed by atoms with van der Waals surface area (Å²) in [6, 6.07) is 5.71. The maximum Gasteiger partial charge on any atom is 0.137 e. The molecule has 1 aromatic carbocycles. The van der Waals surface area contributed by atoms with Crippen molar-refractivity contribution >= 4 is 11.6 Å². The number of benzene rings is 1. The number of hydrogen-bond donors (Lipinski definition) is 1. The van der Waals surface area contributed by atoms with Gasteiger partial charge in [-0.15, -0.1) is 0 Å². The molecule has 0 aromatic heterocycles. The lowest BCUT2D eigenvalue weighted by Gasteiger charge is -2.28. The van der Waals surface area contributed by atoms with E-state index in [-0.39, 0.29) is 6.04 Å². The third-order valence-corrected chi connectivity index (χ3v) is 3.56. The summed E-state index contributed by atoms with van der Waals surface area (Å²) in [6.45, 7) is 1.59. The largest absolute Gasteiger partial charge is 0.495 e. The van der Waals surface area contributed by atoms with Crippen LogP contribution >= 0.6 is 11.6 Å². The summed E-state index contributed by atoms with van der Waals surface area (Å²) in [5, 5.41) is 0.608. The Morgan fingerprint density at radius 1 is 1.53 bits per heavy atom. The Hall–Kier alpha value is -0.770. The molecule has 17 heavy (non-hydrogen) atoms. The van der Waals surface area contributed by atoms with Gasteiger partial charge in [0.2, 0.25) is 0 Å². The fraction of sp³-hybridized carbons (Fsp3) is 0.538. The van der Waals surface area contributed by atoms with E-state index in [9.17, 15) is 0 Å². The molecule has 3 nitrogen and oxygen atoms in total.